The van der Waals surface area contributed by atoms with Gasteiger partial charge >= 0.3 is 0 Å². The molecule has 0 spiro atoms. The molecule has 1 saturated carbocycles. The largest absolute Gasteiger partial charge is 0.497 e. The van der Waals surface area contributed by atoms with Gasteiger partial charge < -0.3 is 10.1 Å². The lowest BCUT2D eigenvalue weighted by Gasteiger charge is -2.26. The number of thioether (sulfide) groups is 1. The van der Waals surface area contributed by atoms with Gasteiger partial charge in [-0.1, -0.05) is 49.2 Å². The van der Waals surface area contributed by atoms with Crippen molar-refractivity contribution in [2.24, 2.45) is 0 Å². The van der Waals surface area contributed by atoms with Crippen molar-refractivity contribution in [2.45, 2.75) is 55.5 Å². The lowest BCUT2D eigenvalue weighted by atomic mass is 9.95. The number of rotatable bonds is 7. The third kappa shape index (κ3) is 5.10. The van der Waals surface area contributed by atoms with Gasteiger partial charge in [0.1, 0.15) is 5.75 Å². The zero-order valence-corrected chi connectivity index (χ0v) is 18.8. The van der Waals surface area contributed by atoms with Crippen LogP contribution in [0.2, 0.25) is 0 Å². The minimum Gasteiger partial charge on any atom is -0.497 e. The third-order valence-corrected chi connectivity index (χ3v) is 6.70. The molecule has 7 heteroatoms. The highest BCUT2D eigenvalue weighted by Crippen LogP contribution is 2.37. The highest BCUT2D eigenvalue weighted by atomic mass is 32.2. The summed E-state index contributed by atoms with van der Waals surface area (Å²) in [5, 5.41) is 12.5. The first-order valence-corrected chi connectivity index (χ1v) is 11.7. The number of carbonyl (C=O) groups is 1. The summed E-state index contributed by atoms with van der Waals surface area (Å²) in [5.74, 6) is 1.63. The molecule has 1 aliphatic carbocycles. The fourth-order valence-electron chi connectivity index (χ4n) is 3.94. The molecule has 1 fully saturated rings. The van der Waals surface area contributed by atoms with Crippen LogP contribution in [0.1, 0.15) is 45.1 Å². The van der Waals surface area contributed by atoms with E-state index in [2.05, 4.69) is 20.1 Å². The van der Waals surface area contributed by atoms with Gasteiger partial charge in [-0.3, -0.25) is 9.36 Å². The molecule has 2 aromatic carbocycles. The minimum absolute atomic E-state index is 0.0413. The van der Waals surface area contributed by atoms with Crippen LogP contribution in [0.15, 0.2) is 59.8 Å². The maximum absolute atomic E-state index is 12.7. The van der Waals surface area contributed by atoms with E-state index in [9.17, 15) is 4.79 Å². The lowest BCUT2D eigenvalue weighted by molar-refractivity contribution is -0.115. The van der Waals surface area contributed by atoms with Crippen molar-refractivity contribution in [3.63, 3.8) is 0 Å². The standard InChI is InChI=1S/C24H28N4O2S/c1-17(23(29)25-19-9-5-3-6-10-19)31-24-27-26-22(18-13-15-21(30-2)16-14-18)28(24)20-11-7-4-8-12-20/h3,5-6,9-10,13-17,20H,4,7-8,11-12H2,1-2H3,(H,25,29)/t17-/m1/s1. The summed E-state index contributed by atoms with van der Waals surface area (Å²) in [6, 6.07) is 17.8. The second-order valence-corrected chi connectivity index (χ2v) is 9.12. The molecule has 31 heavy (non-hydrogen) atoms. The van der Waals surface area contributed by atoms with Crippen molar-refractivity contribution >= 4 is 23.4 Å². The van der Waals surface area contributed by atoms with E-state index in [1.54, 1.807) is 7.11 Å². The molecule has 162 valence electrons. The molecule has 1 aliphatic rings. The van der Waals surface area contributed by atoms with E-state index >= 15 is 0 Å². The van der Waals surface area contributed by atoms with Gasteiger partial charge in [-0.25, -0.2) is 0 Å². The topological polar surface area (TPSA) is 69.0 Å². The Bertz CT molecular complexity index is 998. The molecular formula is C24H28N4O2S. The maximum atomic E-state index is 12.7. The van der Waals surface area contributed by atoms with Crippen LogP contribution in [-0.4, -0.2) is 33.0 Å². The van der Waals surface area contributed by atoms with Gasteiger partial charge in [-0.15, -0.1) is 10.2 Å². The lowest BCUT2D eigenvalue weighted by Crippen LogP contribution is -2.23. The fraction of sp³-hybridized carbons (Fsp3) is 0.375. The molecule has 6 nitrogen and oxygen atoms in total. The molecule has 4 rings (SSSR count). The van der Waals surface area contributed by atoms with Gasteiger partial charge in [0.05, 0.1) is 12.4 Å². The highest BCUT2D eigenvalue weighted by molar-refractivity contribution is 8.00. The summed E-state index contributed by atoms with van der Waals surface area (Å²) < 4.78 is 7.54. The average Bonchev–Trinajstić information content (AvgIpc) is 3.23. The van der Waals surface area contributed by atoms with Gasteiger partial charge in [0.25, 0.3) is 0 Å². The Kier molecular flexibility index (Phi) is 6.92. The van der Waals surface area contributed by atoms with Crippen molar-refractivity contribution in [3.05, 3.63) is 54.6 Å². The molecule has 1 aromatic heterocycles. The molecule has 3 aromatic rings. The van der Waals surface area contributed by atoms with Crippen molar-refractivity contribution in [1.29, 1.82) is 0 Å². The Labute approximate surface area is 187 Å². The van der Waals surface area contributed by atoms with Crippen LogP contribution in [0.5, 0.6) is 5.75 Å². The van der Waals surface area contributed by atoms with Crippen molar-refractivity contribution in [1.82, 2.24) is 14.8 Å². The van der Waals surface area contributed by atoms with E-state index in [0.717, 1.165) is 40.8 Å². The first-order valence-electron chi connectivity index (χ1n) is 10.8. The summed E-state index contributed by atoms with van der Waals surface area (Å²) in [6.07, 6.45) is 5.91. The summed E-state index contributed by atoms with van der Waals surface area (Å²) in [7, 11) is 1.66. The van der Waals surface area contributed by atoms with Crippen molar-refractivity contribution in [2.75, 3.05) is 12.4 Å². The van der Waals surface area contributed by atoms with Crippen LogP contribution in [-0.2, 0) is 4.79 Å². The second-order valence-electron chi connectivity index (χ2n) is 7.81. The van der Waals surface area contributed by atoms with E-state index in [0.29, 0.717) is 6.04 Å². The number of benzene rings is 2. The number of hydrogen-bond donors (Lipinski definition) is 1. The van der Waals surface area contributed by atoms with Crippen LogP contribution < -0.4 is 10.1 Å². The molecule has 1 amide bonds. The summed E-state index contributed by atoms with van der Waals surface area (Å²) >= 11 is 1.47. The Balaban J connectivity index is 1.58. The Hall–Kier alpha value is -2.80. The van der Waals surface area contributed by atoms with Gasteiger partial charge in [0.2, 0.25) is 5.91 Å². The van der Waals surface area contributed by atoms with Gasteiger partial charge in [-0.05, 0) is 56.2 Å². The Morgan fingerprint density at radius 2 is 1.77 bits per heavy atom. The molecule has 1 N–H and O–H groups in total. The average molecular weight is 437 g/mol. The number of nitrogens with zero attached hydrogens (tertiary/aromatic N) is 3. The summed E-state index contributed by atoms with van der Waals surface area (Å²) in [4.78, 5) is 12.7. The number of anilines is 1. The fourth-order valence-corrected chi connectivity index (χ4v) is 4.86. The number of para-hydroxylation sites is 1. The van der Waals surface area contributed by atoms with Gasteiger partial charge in [-0.2, -0.15) is 0 Å². The Morgan fingerprint density at radius 1 is 1.06 bits per heavy atom. The van der Waals surface area contributed by atoms with E-state index in [1.807, 2.05) is 61.5 Å². The normalized spacial score (nSPS) is 15.4. The molecule has 0 aliphatic heterocycles. The van der Waals surface area contributed by atoms with Crippen LogP contribution in [0, 0.1) is 0 Å². The Morgan fingerprint density at radius 3 is 2.45 bits per heavy atom. The molecular weight excluding hydrogens is 408 g/mol. The molecule has 0 radical (unpaired) electrons. The SMILES string of the molecule is COc1ccc(-c2nnc(S[C@H](C)C(=O)Nc3ccccc3)n2C2CCCCC2)cc1. The van der Waals surface area contributed by atoms with Crippen LogP contribution >= 0.6 is 11.8 Å². The summed E-state index contributed by atoms with van der Waals surface area (Å²) in [5.41, 5.74) is 1.81. The van der Waals surface area contributed by atoms with E-state index in [-0.39, 0.29) is 11.2 Å². The molecule has 1 heterocycles. The van der Waals surface area contributed by atoms with Crippen molar-refractivity contribution in [3.8, 4) is 17.1 Å². The molecule has 0 unspecified atom stereocenters. The number of hydrogen-bond acceptors (Lipinski definition) is 5. The number of ether oxygens (including phenoxy) is 1. The van der Waals surface area contributed by atoms with Crippen LogP contribution in [0.3, 0.4) is 0 Å². The van der Waals surface area contributed by atoms with E-state index < -0.39 is 0 Å². The highest BCUT2D eigenvalue weighted by Gasteiger charge is 2.26. The summed E-state index contributed by atoms with van der Waals surface area (Å²) in [6.45, 7) is 1.91. The smallest absolute Gasteiger partial charge is 0.237 e. The van der Waals surface area contributed by atoms with Crippen LogP contribution in [0.4, 0.5) is 5.69 Å². The number of carbonyl (C=O) groups excluding carboxylic acids is 1. The molecule has 0 saturated heterocycles. The zero-order chi connectivity index (χ0) is 21.6. The second kappa shape index (κ2) is 10.0. The predicted octanol–water partition coefficient (Wildman–Crippen LogP) is 5.58. The number of aromatic nitrogens is 3. The van der Waals surface area contributed by atoms with Gasteiger partial charge in [0.15, 0.2) is 11.0 Å². The minimum atomic E-state index is -0.296. The zero-order valence-electron chi connectivity index (χ0n) is 18.0. The maximum Gasteiger partial charge on any atom is 0.237 e. The number of amides is 1. The van der Waals surface area contributed by atoms with Crippen LogP contribution in [0.25, 0.3) is 11.4 Å². The number of methoxy groups -OCH3 is 1. The quantitative estimate of drug-likeness (QED) is 0.490. The van der Waals surface area contributed by atoms with Gasteiger partial charge in [0, 0.05) is 17.3 Å². The first kappa shape index (κ1) is 21.4. The van der Waals surface area contributed by atoms with E-state index in [1.165, 1.54) is 31.0 Å². The first-order chi connectivity index (χ1) is 15.2. The van der Waals surface area contributed by atoms with Crippen molar-refractivity contribution < 1.29 is 9.53 Å². The van der Waals surface area contributed by atoms with E-state index in [4.69, 9.17) is 4.74 Å². The predicted molar refractivity (Wildman–Crippen MR) is 125 cm³/mol. The third-order valence-electron chi connectivity index (χ3n) is 5.65. The number of nitrogens with one attached hydrogen (secondary N) is 1. The molecule has 1 atom stereocenters. The molecule has 0 bridgehead atoms. The monoisotopic (exact) mass is 436 g/mol.